The van der Waals surface area contributed by atoms with E-state index in [1.807, 2.05) is 0 Å². The van der Waals surface area contributed by atoms with Crippen LogP contribution in [0.3, 0.4) is 0 Å². The Balaban J connectivity index is 2.24. The van der Waals surface area contributed by atoms with Gasteiger partial charge < -0.3 is 16.0 Å². The second-order valence-corrected chi connectivity index (χ2v) is 4.35. The Labute approximate surface area is 110 Å². The normalized spacial score (nSPS) is 10.1. The zero-order chi connectivity index (χ0) is 13.1. The van der Waals surface area contributed by atoms with Crippen LogP contribution in [0.15, 0.2) is 39.9 Å². The minimum Gasteiger partial charge on any atom is -0.397 e. The van der Waals surface area contributed by atoms with Gasteiger partial charge in [-0.25, -0.2) is 4.98 Å². The molecule has 0 aliphatic rings. The summed E-state index contributed by atoms with van der Waals surface area (Å²) >= 11 is 3.24. The molecule has 7 heteroatoms. The molecule has 0 aromatic carbocycles. The topological polar surface area (TPSA) is 101 Å². The van der Waals surface area contributed by atoms with Crippen molar-refractivity contribution in [2.75, 3.05) is 11.1 Å². The summed E-state index contributed by atoms with van der Waals surface area (Å²) < 4.78 is 0.570. The molecule has 2 heterocycles. The lowest BCUT2D eigenvalue weighted by Crippen LogP contribution is -2.16. The average molecular weight is 309 g/mol. The van der Waals surface area contributed by atoms with Crippen molar-refractivity contribution in [3.63, 3.8) is 0 Å². The van der Waals surface area contributed by atoms with Gasteiger partial charge in [0.05, 0.1) is 16.4 Å². The van der Waals surface area contributed by atoms with Crippen molar-refractivity contribution in [1.29, 1.82) is 0 Å². The van der Waals surface area contributed by atoms with Gasteiger partial charge in [-0.15, -0.1) is 0 Å². The van der Waals surface area contributed by atoms with Crippen LogP contribution in [0.25, 0.3) is 0 Å². The molecule has 92 valence electrons. The predicted octanol–water partition coefficient (Wildman–Crippen LogP) is 1.37. The van der Waals surface area contributed by atoms with E-state index in [-0.39, 0.29) is 11.1 Å². The number of rotatable bonds is 2. The van der Waals surface area contributed by atoms with Gasteiger partial charge in [0.2, 0.25) is 5.56 Å². The van der Waals surface area contributed by atoms with Gasteiger partial charge in [0, 0.05) is 17.8 Å². The first kappa shape index (κ1) is 12.3. The Morgan fingerprint density at radius 1 is 1.44 bits per heavy atom. The van der Waals surface area contributed by atoms with E-state index in [2.05, 4.69) is 31.2 Å². The lowest BCUT2D eigenvalue weighted by molar-refractivity contribution is 0.102. The van der Waals surface area contributed by atoms with Gasteiger partial charge in [-0.2, -0.15) is 0 Å². The number of nitrogen functional groups attached to an aromatic ring is 1. The maximum absolute atomic E-state index is 11.8. The van der Waals surface area contributed by atoms with Gasteiger partial charge >= 0.3 is 0 Å². The Hall–Kier alpha value is -2.15. The number of carbonyl (C=O) groups is 1. The monoisotopic (exact) mass is 308 g/mol. The first-order valence-corrected chi connectivity index (χ1v) is 5.76. The second-order valence-electron chi connectivity index (χ2n) is 3.49. The fraction of sp³-hybridized carbons (Fsp3) is 0. The van der Waals surface area contributed by atoms with Crippen LogP contribution >= 0.6 is 15.9 Å². The van der Waals surface area contributed by atoms with Crippen LogP contribution in [-0.2, 0) is 0 Å². The highest BCUT2D eigenvalue weighted by Gasteiger charge is 2.09. The van der Waals surface area contributed by atoms with Crippen molar-refractivity contribution in [2.45, 2.75) is 0 Å². The van der Waals surface area contributed by atoms with Crippen LogP contribution in [0.4, 0.5) is 11.5 Å². The van der Waals surface area contributed by atoms with Gasteiger partial charge in [-0.05, 0) is 28.1 Å². The maximum atomic E-state index is 11.8. The molecule has 0 spiro atoms. The molecular formula is C11H9BrN4O2. The van der Waals surface area contributed by atoms with Gasteiger partial charge in [0.15, 0.2) is 0 Å². The van der Waals surface area contributed by atoms with E-state index in [4.69, 9.17) is 5.73 Å². The molecule has 0 saturated heterocycles. The smallest absolute Gasteiger partial charge is 0.257 e. The Morgan fingerprint density at radius 2 is 2.22 bits per heavy atom. The van der Waals surface area contributed by atoms with E-state index in [1.165, 1.54) is 24.5 Å². The van der Waals surface area contributed by atoms with Gasteiger partial charge in [0.1, 0.15) is 5.82 Å². The van der Waals surface area contributed by atoms with Gasteiger partial charge in [-0.1, -0.05) is 0 Å². The molecule has 0 radical (unpaired) electrons. The lowest BCUT2D eigenvalue weighted by atomic mass is 10.2. The van der Waals surface area contributed by atoms with Gasteiger partial charge in [-0.3, -0.25) is 9.59 Å². The molecule has 0 aliphatic carbocycles. The second kappa shape index (κ2) is 5.01. The van der Waals surface area contributed by atoms with E-state index in [9.17, 15) is 9.59 Å². The molecule has 4 N–H and O–H groups in total. The Kier molecular flexibility index (Phi) is 3.42. The molecule has 6 nitrogen and oxygen atoms in total. The first-order valence-electron chi connectivity index (χ1n) is 4.97. The third kappa shape index (κ3) is 2.75. The zero-order valence-electron chi connectivity index (χ0n) is 9.11. The molecule has 0 bridgehead atoms. The number of hydrogen-bond donors (Lipinski definition) is 3. The lowest BCUT2D eigenvalue weighted by Gasteiger charge is -2.06. The summed E-state index contributed by atoms with van der Waals surface area (Å²) in [6.45, 7) is 0. The molecule has 0 atom stereocenters. The van der Waals surface area contributed by atoms with Crippen LogP contribution in [0, 0.1) is 0 Å². The first-order chi connectivity index (χ1) is 8.56. The molecular weight excluding hydrogens is 300 g/mol. The van der Waals surface area contributed by atoms with Crippen molar-refractivity contribution < 1.29 is 4.79 Å². The summed E-state index contributed by atoms with van der Waals surface area (Å²) in [5.41, 5.74) is 5.93. The number of nitrogens with two attached hydrogens (primary N) is 1. The highest BCUT2D eigenvalue weighted by molar-refractivity contribution is 9.10. The number of nitrogens with one attached hydrogen (secondary N) is 2. The van der Waals surface area contributed by atoms with E-state index in [0.29, 0.717) is 16.0 Å². The SMILES string of the molecule is Nc1cnc(NC(=O)c2cc[nH]c(=O)c2)c(Br)c1. The highest BCUT2D eigenvalue weighted by Crippen LogP contribution is 2.22. The number of carbonyl (C=O) groups excluding carboxylic acids is 1. The number of aromatic amines is 1. The number of aromatic nitrogens is 2. The molecule has 2 aromatic rings. The zero-order valence-corrected chi connectivity index (χ0v) is 10.7. The standard InChI is InChI=1S/C11H9BrN4O2/c12-8-4-7(13)5-15-10(8)16-11(18)6-1-2-14-9(17)3-6/h1-5H,13H2,(H,14,17)(H,15,16,18). The summed E-state index contributed by atoms with van der Waals surface area (Å²) in [5.74, 6) is -0.0754. The van der Waals surface area contributed by atoms with Crippen LogP contribution in [0.1, 0.15) is 10.4 Å². The van der Waals surface area contributed by atoms with Crippen LogP contribution in [0.2, 0.25) is 0 Å². The molecule has 0 fully saturated rings. The van der Waals surface area contributed by atoms with Crippen molar-refractivity contribution in [2.24, 2.45) is 0 Å². The summed E-state index contributed by atoms with van der Waals surface area (Å²) in [4.78, 5) is 29.3. The number of hydrogen-bond acceptors (Lipinski definition) is 4. The molecule has 18 heavy (non-hydrogen) atoms. The largest absolute Gasteiger partial charge is 0.397 e. The Morgan fingerprint density at radius 3 is 2.89 bits per heavy atom. The minimum absolute atomic E-state index is 0.254. The maximum Gasteiger partial charge on any atom is 0.257 e. The van der Waals surface area contributed by atoms with E-state index in [1.54, 1.807) is 6.07 Å². The molecule has 1 amide bonds. The quantitative estimate of drug-likeness (QED) is 0.780. The van der Waals surface area contributed by atoms with E-state index >= 15 is 0 Å². The average Bonchev–Trinajstić information content (AvgIpc) is 2.32. The third-order valence-corrected chi connectivity index (χ3v) is 2.74. The molecule has 0 aliphatic heterocycles. The fourth-order valence-electron chi connectivity index (χ4n) is 1.31. The molecule has 0 saturated carbocycles. The molecule has 0 unspecified atom stereocenters. The number of H-pyrrole nitrogens is 1. The van der Waals surface area contributed by atoms with Crippen molar-refractivity contribution in [3.05, 3.63) is 51.0 Å². The van der Waals surface area contributed by atoms with Crippen molar-refractivity contribution in [1.82, 2.24) is 9.97 Å². The van der Waals surface area contributed by atoms with Crippen molar-refractivity contribution >= 4 is 33.3 Å². The van der Waals surface area contributed by atoms with Gasteiger partial charge in [0.25, 0.3) is 5.91 Å². The number of anilines is 2. The van der Waals surface area contributed by atoms with Crippen LogP contribution in [-0.4, -0.2) is 15.9 Å². The molecule has 2 rings (SSSR count). The minimum atomic E-state index is -0.418. The summed E-state index contributed by atoms with van der Waals surface area (Å²) in [6.07, 6.45) is 2.83. The highest BCUT2D eigenvalue weighted by atomic mass is 79.9. The number of amides is 1. The number of nitrogens with zero attached hydrogens (tertiary/aromatic N) is 1. The Bertz CT molecular complexity index is 653. The van der Waals surface area contributed by atoms with E-state index < -0.39 is 5.91 Å². The summed E-state index contributed by atoms with van der Waals surface area (Å²) in [7, 11) is 0. The number of halogens is 1. The van der Waals surface area contributed by atoms with E-state index in [0.717, 1.165) is 0 Å². The summed E-state index contributed by atoms with van der Waals surface area (Å²) in [5, 5.41) is 2.58. The fourth-order valence-corrected chi connectivity index (χ4v) is 1.78. The predicted molar refractivity (Wildman–Crippen MR) is 71.4 cm³/mol. The van der Waals surface area contributed by atoms with Crippen LogP contribution in [0.5, 0.6) is 0 Å². The van der Waals surface area contributed by atoms with Crippen LogP contribution < -0.4 is 16.6 Å². The van der Waals surface area contributed by atoms with Crippen molar-refractivity contribution in [3.8, 4) is 0 Å². The number of pyridine rings is 2. The summed E-state index contributed by atoms with van der Waals surface area (Å²) in [6, 6.07) is 4.34. The molecule has 2 aromatic heterocycles. The third-order valence-electron chi connectivity index (χ3n) is 2.13.